The molecule has 6 heteroatoms. The molecule has 0 unspecified atom stereocenters. The topological polar surface area (TPSA) is 12.0 Å². The van der Waals surface area contributed by atoms with Crippen molar-refractivity contribution >= 4 is 44.6 Å². The van der Waals surface area contributed by atoms with E-state index in [0.717, 1.165) is 15.4 Å². The summed E-state index contributed by atoms with van der Waals surface area (Å²) in [6.07, 6.45) is 0. The molecule has 0 bridgehead atoms. The van der Waals surface area contributed by atoms with Crippen molar-refractivity contribution in [2.75, 3.05) is 5.32 Å². The molecule has 0 aliphatic heterocycles. The van der Waals surface area contributed by atoms with Gasteiger partial charge in [-0.1, -0.05) is 17.7 Å². The van der Waals surface area contributed by atoms with Gasteiger partial charge in [0.1, 0.15) is 4.34 Å². The molecular weight excluding hydrogens is 332 g/mol. The van der Waals surface area contributed by atoms with Gasteiger partial charge in [-0.25, -0.2) is 8.78 Å². The van der Waals surface area contributed by atoms with Crippen molar-refractivity contribution in [3.05, 3.63) is 49.6 Å². The third-order valence-corrected chi connectivity index (χ3v) is 4.58. The average Bonchev–Trinajstić information content (AvgIpc) is 2.61. The summed E-state index contributed by atoms with van der Waals surface area (Å²) in [7, 11) is 0. The van der Waals surface area contributed by atoms with Crippen molar-refractivity contribution in [1.29, 1.82) is 0 Å². The zero-order chi connectivity index (χ0) is 12.4. The van der Waals surface area contributed by atoms with E-state index in [1.165, 1.54) is 23.5 Å². The first kappa shape index (κ1) is 12.8. The molecular formula is C11H7BrClF2NS. The minimum atomic E-state index is -0.866. The molecule has 0 saturated heterocycles. The fourth-order valence-electron chi connectivity index (χ4n) is 1.30. The van der Waals surface area contributed by atoms with Gasteiger partial charge in [-0.05, 0) is 34.1 Å². The van der Waals surface area contributed by atoms with Crippen LogP contribution in [0, 0.1) is 11.6 Å². The molecule has 1 heterocycles. The van der Waals surface area contributed by atoms with Gasteiger partial charge in [0.15, 0.2) is 11.6 Å². The summed E-state index contributed by atoms with van der Waals surface area (Å²) in [6, 6.07) is 5.87. The number of thiophene rings is 1. The van der Waals surface area contributed by atoms with Crippen molar-refractivity contribution < 1.29 is 8.78 Å². The van der Waals surface area contributed by atoms with Crippen molar-refractivity contribution in [3.8, 4) is 0 Å². The number of nitrogens with one attached hydrogen (secondary N) is 1. The second-order valence-corrected chi connectivity index (χ2v) is 5.88. The highest BCUT2D eigenvalue weighted by atomic mass is 79.9. The van der Waals surface area contributed by atoms with E-state index in [2.05, 4.69) is 21.2 Å². The van der Waals surface area contributed by atoms with Crippen molar-refractivity contribution in [1.82, 2.24) is 0 Å². The predicted octanol–water partition coefficient (Wildman–Crippen LogP) is 5.05. The van der Waals surface area contributed by atoms with Gasteiger partial charge in [0.25, 0.3) is 0 Å². The molecule has 0 aliphatic carbocycles. The number of halogens is 4. The summed E-state index contributed by atoms with van der Waals surface area (Å²) in [5, 5.41) is 2.83. The van der Waals surface area contributed by atoms with Gasteiger partial charge >= 0.3 is 0 Å². The second kappa shape index (κ2) is 5.33. The van der Waals surface area contributed by atoms with Crippen LogP contribution in [0.1, 0.15) is 4.88 Å². The normalized spacial score (nSPS) is 10.6. The highest BCUT2D eigenvalue weighted by Gasteiger charge is 2.08. The largest absolute Gasteiger partial charge is 0.378 e. The van der Waals surface area contributed by atoms with Crippen molar-refractivity contribution in [2.24, 2.45) is 0 Å². The van der Waals surface area contributed by atoms with Crippen LogP contribution in [0.25, 0.3) is 0 Å². The number of hydrogen-bond donors (Lipinski definition) is 1. The van der Waals surface area contributed by atoms with E-state index < -0.39 is 11.6 Å². The van der Waals surface area contributed by atoms with Crippen LogP contribution in [-0.2, 0) is 6.54 Å². The highest BCUT2D eigenvalue weighted by Crippen LogP contribution is 2.32. The molecule has 0 radical (unpaired) electrons. The second-order valence-electron chi connectivity index (χ2n) is 3.29. The Kier molecular flexibility index (Phi) is 4.01. The van der Waals surface area contributed by atoms with Gasteiger partial charge in [0, 0.05) is 15.9 Å². The Balaban J connectivity index is 2.10. The number of benzene rings is 1. The number of rotatable bonds is 3. The summed E-state index contributed by atoms with van der Waals surface area (Å²) in [5.41, 5.74) is 0.144. The molecule has 0 amide bonds. The minimum absolute atomic E-state index is 0.144. The van der Waals surface area contributed by atoms with Gasteiger partial charge < -0.3 is 5.32 Å². The van der Waals surface area contributed by atoms with E-state index in [0.29, 0.717) is 10.9 Å². The first-order valence-corrected chi connectivity index (χ1v) is 6.68. The summed E-state index contributed by atoms with van der Waals surface area (Å²) >= 11 is 10.5. The van der Waals surface area contributed by atoms with E-state index in [9.17, 15) is 8.78 Å². The SMILES string of the molecule is Fc1cccc(NCc2cc(Br)c(Cl)s2)c1F. The minimum Gasteiger partial charge on any atom is -0.378 e. The van der Waals surface area contributed by atoms with Gasteiger partial charge in [0.05, 0.1) is 5.69 Å². The molecule has 1 aromatic heterocycles. The summed E-state index contributed by atoms with van der Waals surface area (Å²) in [5.74, 6) is -1.73. The quantitative estimate of drug-likeness (QED) is 0.825. The summed E-state index contributed by atoms with van der Waals surface area (Å²) in [6.45, 7) is 0.399. The standard InChI is InChI=1S/C11H7BrClF2NS/c12-7-4-6(17-11(7)13)5-16-9-3-1-2-8(14)10(9)15/h1-4,16H,5H2. The predicted molar refractivity (Wildman–Crippen MR) is 70.7 cm³/mol. The average molecular weight is 339 g/mol. The molecule has 1 aromatic carbocycles. The third-order valence-electron chi connectivity index (χ3n) is 2.10. The van der Waals surface area contributed by atoms with E-state index >= 15 is 0 Å². The Bertz CT molecular complexity index is 525. The van der Waals surface area contributed by atoms with Crippen LogP contribution in [-0.4, -0.2) is 0 Å². The van der Waals surface area contributed by atoms with Crippen LogP contribution in [0.5, 0.6) is 0 Å². The Hall–Kier alpha value is -0.650. The van der Waals surface area contributed by atoms with Gasteiger partial charge in [-0.3, -0.25) is 0 Å². The van der Waals surface area contributed by atoms with Gasteiger partial charge in [-0.15, -0.1) is 11.3 Å². The monoisotopic (exact) mass is 337 g/mol. The summed E-state index contributed by atoms with van der Waals surface area (Å²) in [4.78, 5) is 0.936. The number of anilines is 1. The first-order chi connectivity index (χ1) is 8.08. The molecule has 0 spiro atoms. The molecule has 1 nitrogen and oxygen atoms in total. The number of hydrogen-bond acceptors (Lipinski definition) is 2. The lowest BCUT2D eigenvalue weighted by Crippen LogP contribution is -2.01. The molecule has 0 atom stereocenters. The Morgan fingerprint density at radius 3 is 2.76 bits per heavy atom. The van der Waals surface area contributed by atoms with E-state index in [1.807, 2.05) is 6.07 Å². The maximum Gasteiger partial charge on any atom is 0.181 e. The lowest BCUT2D eigenvalue weighted by Gasteiger charge is -2.06. The lowest BCUT2D eigenvalue weighted by molar-refractivity contribution is 0.511. The van der Waals surface area contributed by atoms with Crippen LogP contribution < -0.4 is 5.32 Å². The van der Waals surface area contributed by atoms with E-state index in [4.69, 9.17) is 11.6 Å². The van der Waals surface area contributed by atoms with Crippen LogP contribution in [0.3, 0.4) is 0 Å². The van der Waals surface area contributed by atoms with Crippen LogP contribution >= 0.6 is 38.9 Å². The first-order valence-electron chi connectivity index (χ1n) is 4.69. The van der Waals surface area contributed by atoms with Crippen LogP contribution in [0.4, 0.5) is 14.5 Å². The molecule has 1 N–H and O–H groups in total. The molecule has 2 rings (SSSR count). The maximum absolute atomic E-state index is 13.3. The fraction of sp³-hybridized carbons (Fsp3) is 0.0909. The molecule has 17 heavy (non-hydrogen) atoms. The molecule has 0 saturated carbocycles. The van der Waals surface area contributed by atoms with E-state index in [-0.39, 0.29) is 5.69 Å². The maximum atomic E-state index is 13.3. The zero-order valence-corrected chi connectivity index (χ0v) is 11.6. The third kappa shape index (κ3) is 2.97. The highest BCUT2D eigenvalue weighted by molar-refractivity contribution is 9.10. The van der Waals surface area contributed by atoms with Gasteiger partial charge in [0.2, 0.25) is 0 Å². The Labute approximate surface area is 115 Å². The fourth-order valence-corrected chi connectivity index (χ4v) is 3.03. The van der Waals surface area contributed by atoms with Crippen LogP contribution in [0.2, 0.25) is 4.34 Å². The van der Waals surface area contributed by atoms with Crippen molar-refractivity contribution in [3.63, 3.8) is 0 Å². The van der Waals surface area contributed by atoms with Gasteiger partial charge in [-0.2, -0.15) is 0 Å². The Morgan fingerprint density at radius 2 is 2.12 bits per heavy atom. The van der Waals surface area contributed by atoms with E-state index in [1.54, 1.807) is 0 Å². The molecule has 2 aromatic rings. The molecule has 0 aliphatic rings. The zero-order valence-electron chi connectivity index (χ0n) is 8.44. The Morgan fingerprint density at radius 1 is 1.35 bits per heavy atom. The smallest absolute Gasteiger partial charge is 0.181 e. The molecule has 90 valence electrons. The lowest BCUT2D eigenvalue weighted by atomic mass is 10.3. The molecule has 0 fully saturated rings. The summed E-state index contributed by atoms with van der Waals surface area (Å²) < 4.78 is 27.7. The van der Waals surface area contributed by atoms with Crippen molar-refractivity contribution in [2.45, 2.75) is 6.54 Å². The van der Waals surface area contributed by atoms with Crippen LogP contribution in [0.15, 0.2) is 28.7 Å².